The van der Waals surface area contributed by atoms with Gasteiger partial charge in [-0.25, -0.2) is 0 Å². The first-order valence-corrected chi connectivity index (χ1v) is 6.86. The summed E-state index contributed by atoms with van der Waals surface area (Å²) in [4.78, 5) is 8.89. The maximum absolute atomic E-state index is 5.26. The highest BCUT2D eigenvalue weighted by Crippen LogP contribution is 2.22. The Hall–Kier alpha value is -1.89. The van der Waals surface area contributed by atoms with Crippen molar-refractivity contribution in [2.24, 2.45) is 5.92 Å². The van der Waals surface area contributed by atoms with Gasteiger partial charge in [-0.1, -0.05) is 13.8 Å². The van der Waals surface area contributed by atoms with Crippen LogP contribution in [-0.4, -0.2) is 46.5 Å². The van der Waals surface area contributed by atoms with Crippen molar-refractivity contribution in [1.29, 1.82) is 0 Å². The number of anilines is 2. The van der Waals surface area contributed by atoms with Crippen molar-refractivity contribution in [1.82, 2.24) is 20.2 Å². The average molecular weight is 278 g/mol. The number of nitrogens with zero attached hydrogens (tertiary/aromatic N) is 3. The van der Waals surface area contributed by atoms with E-state index < -0.39 is 0 Å². The molecule has 7 heteroatoms. The van der Waals surface area contributed by atoms with Crippen molar-refractivity contribution in [2.75, 3.05) is 30.9 Å². The van der Waals surface area contributed by atoms with E-state index in [1.807, 2.05) is 6.92 Å². The van der Waals surface area contributed by atoms with Gasteiger partial charge in [-0.15, -0.1) is 0 Å². The lowest BCUT2D eigenvalue weighted by atomic mass is 10.1. The molecule has 0 saturated carbocycles. The molecule has 0 aliphatic carbocycles. The molecule has 110 valence electrons. The van der Waals surface area contributed by atoms with Crippen LogP contribution in [0.25, 0.3) is 11.0 Å². The van der Waals surface area contributed by atoms with Gasteiger partial charge in [0, 0.05) is 13.7 Å². The predicted octanol–water partition coefficient (Wildman–Crippen LogP) is 1.87. The van der Waals surface area contributed by atoms with Crippen LogP contribution < -0.4 is 10.6 Å². The van der Waals surface area contributed by atoms with Crippen LogP contribution >= 0.6 is 0 Å². The topological polar surface area (TPSA) is 87.8 Å². The minimum Gasteiger partial charge on any atom is -0.383 e. The molecule has 20 heavy (non-hydrogen) atoms. The monoisotopic (exact) mass is 278 g/mol. The molecule has 0 fully saturated rings. The average Bonchev–Trinajstić information content (AvgIpc) is 2.86. The third-order valence-corrected chi connectivity index (χ3v) is 3.12. The molecule has 0 amide bonds. The van der Waals surface area contributed by atoms with Crippen LogP contribution in [0, 0.1) is 5.92 Å². The van der Waals surface area contributed by atoms with Crippen LogP contribution in [-0.2, 0) is 4.74 Å². The number of aromatic amines is 1. The van der Waals surface area contributed by atoms with Crippen LogP contribution in [0.5, 0.6) is 0 Å². The zero-order valence-corrected chi connectivity index (χ0v) is 12.4. The number of H-pyrrole nitrogens is 1. The number of ether oxygens (including phenoxy) is 1. The first kappa shape index (κ1) is 14.5. The van der Waals surface area contributed by atoms with Crippen molar-refractivity contribution in [2.45, 2.75) is 26.8 Å². The van der Waals surface area contributed by atoms with Crippen LogP contribution in [0.4, 0.5) is 11.8 Å². The first-order chi connectivity index (χ1) is 9.65. The van der Waals surface area contributed by atoms with Crippen molar-refractivity contribution < 1.29 is 4.74 Å². The number of aromatic nitrogens is 4. The molecule has 2 aromatic rings. The van der Waals surface area contributed by atoms with E-state index in [0.717, 1.165) is 23.4 Å². The van der Waals surface area contributed by atoms with E-state index in [2.05, 4.69) is 44.6 Å². The molecule has 0 bridgehead atoms. The largest absolute Gasteiger partial charge is 0.383 e. The molecule has 0 spiro atoms. The number of nitrogens with one attached hydrogen (secondary N) is 3. The highest BCUT2D eigenvalue weighted by molar-refractivity contribution is 5.87. The third kappa shape index (κ3) is 3.16. The second kappa shape index (κ2) is 6.51. The second-order valence-electron chi connectivity index (χ2n) is 5.01. The number of rotatable bonds is 7. The normalized spacial score (nSPS) is 12.8. The van der Waals surface area contributed by atoms with Gasteiger partial charge in [0.05, 0.1) is 24.2 Å². The second-order valence-corrected chi connectivity index (χ2v) is 5.01. The smallest absolute Gasteiger partial charge is 0.226 e. The molecule has 2 heterocycles. The summed E-state index contributed by atoms with van der Waals surface area (Å²) in [6, 6.07) is 0.183. The summed E-state index contributed by atoms with van der Waals surface area (Å²) in [5.74, 6) is 1.79. The Bertz CT molecular complexity index is 553. The van der Waals surface area contributed by atoms with Gasteiger partial charge in [-0.05, 0) is 12.8 Å². The molecule has 0 radical (unpaired) electrons. The van der Waals surface area contributed by atoms with Crippen molar-refractivity contribution in [3.8, 4) is 0 Å². The number of hydrogen-bond acceptors (Lipinski definition) is 6. The summed E-state index contributed by atoms with van der Waals surface area (Å²) in [7, 11) is 1.70. The summed E-state index contributed by atoms with van der Waals surface area (Å²) in [5, 5.41) is 14.4. The molecule has 3 N–H and O–H groups in total. The van der Waals surface area contributed by atoms with Gasteiger partial charge in [-0.3, -0.25) is 5.10 Å². The quantitative estimate of drug-likeness (QED) is 0.716. The minimum absolute atomic E-state index is 0.183. The van der Waals surface area contributed by atoms with Gasteiger partial charge in [0.25, 0.3) is 0 Å². The fraction of sp³-hybridized carbons (Fsp3) is 0.615. The Balaban J connectivity index is 2.33. The van der Waals surface area contributed by atoms with Crippen molar-refractivity contribution >= 4 is 22.8 Å². The van der Waals surface area contributed by atoms with Crippen molar-refractivity contribution in [3.63, 3.8) is 0 Å². The Morgan fingerprint density at radius 3 is 2.80 bits per heavy atom. The van der Waals surface area contributed by atoms with E-state index in [-0.39, 0.29) is 6.04 Å². The molecule has 0 aromatic carbocycles. The summed E-state index contributed by atoms with van der Waals surface area (Å²) in [6.07, 6.45) is 1.73. The van der Waals surface area contributed by atoms with E-state index in [4.69, 9.17) is 4.74 Å². The Labute approximate surface area is 118 Å². The molecule has 7 nitrogen and oxygen atoms in total. The molecular formula is C13H22N6O. The standard InChI is InChI=1S/C13H22N6O/c1-5-14-13-17-11(9-6-15-19-12(9)18-13)16-10(7-20-4)8(2)3/h6,8,10H,5,7H2,1-4H3,(H3,14,15,16,17,18,19). The summed E-state index contributed by atoms with van der Waals surface area (Å²) >= 11 is 0. The molecule has 1 unspecified atom stereocenters. The van der Waals surface area contributed by atoms with Gasteiger partial charge < -0.3 is 15.4 Å². The number of methoxy groups -OCH3 is 1. The summed E-state index contributed by atoms with van der Waals surface area (Å²) in [6.45, 7) is 7.70. The van der Waals surface area contributed by atoms with Gasteiger partial charge in [0.15, 0.2) is 5.65 Å². The van der Waals surface area contributed by atoms with Crippen LogP contribution in [0.3, 0.4) is 0 Å². The lowest BCUT2D eigenvalue weighted by Gasteiger charge is -2.22. The highest BCUT2D eigenvalue weighted by atomic mass is 16.5. The number of hydrogen-bond donors (Lipinski definition) is 3. The zero-order valence-electron chi connectivity index (χ0n) is 12.4. The van der Waals surface area contributed by atoms with E-state index in [1.54, 1.807) is 13.3 Å². The minimum atomic E-state index is 0.183. The molecule has 2 aromatic heterocycles. The Kier molecular flexibility index (Phi) is 4.73. The van der Waals surface area contributed by atoms with Gasteiger partial charge in [-0.2, -0.15) is 15.1 Å². The molecule has 1 atom stereocenters. The van der Waals surface area contributed by atoms with Gasteiger partial charge in [0.2, 0.25) is 5.95 Å². The fourth-order valence-electron chi connectivity index (χ4n) is 1.94. The molecule has 2 rings (SSSR count). The number of fused-ring (bicyclic) bond motifs is 1. The maximum Gasteiger partial charge on any atom is 0.226 e. The molecule has 0 saturated heterocycles. The Morgan fingerprint density at radius 1 is 1.35 bits per heavy atom. The maximum atomic E-state index is 5.26. The van der Waals surface area contributed by atoms with Gasteiger partial charge in [0.1, 0.15) is 5.82 Å². The summed E-state index contributed by atoms with van der Waals surface area (Å²) in [5.41, 5.74) is 0.721. The molecular weight excluding hydrogens is 256 g/mol. The molecule has 0 aliphatic heterocycles. The van der Waals surface area contributed by atoms with Crippen LogP contribution in [0.1, 0.15) is 20.8 Å². The van der Waals surface area contributed by atoms with E-state index in [1.165, 1.54) is 0 Å². The predicted molar refractivity (Wildman–Crippen MR) is 80.0 cm³/mol. The Morgan fingerprint density at radius 2 is 2.15 bits per heavy atom. The highest BCUT2D eigenvalue weighted by Gasteiger charge is 2.17. The van der Waals surface area contributed by atoms with Crippen LogP contribution in [0.15, 0.2) is 6.20 Å². The SMILES string of the molecule is CCNc1nc(NC(COC)C(C)C)c2cn[nH]c2n1. The lowest BCUT2D eigenvalue weighted by Crippen LogP contribution is -2.31. The lowest BCUT2D eigenvalue weighted by molar-refractivity contribution is 0.171. The van der Waals surface area contributed by atoms with Crippen LogP contribution in [0.2, 0.25) is 0 Å². The van der Waals surface area contributed by atoms with E-state index >= 15 is 0 Å². The fourth-order valence-corrected chi connectivity index (χ4v) is 1.94. The summed E-state index contributed by atoms with van der Waals surface area (Å²) < 4.78 is 5.26. The first-order valence-electron chi connectivity index (χ1n) is 6.86. The van der Waals surface area contributed by atoms with Crippen molar-refractivity contribution in [3.05, 3.63) is 6.20 Å². The zero-order chi connectivity index (χ0) is 14.5. The molecule has 0 aliphatic rings. The van der Waals surface area contributed by atoms with E-state index in [9.17, 15) is 0 Å². The van der Waals surface area contributed by atoms with E-state index in [0.29, 0.717) is 18.5 Å². The van der Waals surface area contributed by atoms with Gasteiger partial charge >= 0.3 is 0 Å². The third-order valence-electron chi connectivity index (χ3n) is 3.12.